The third-order valence-electron chi connectivity index (χ3n) is 3.44. The normalized spacial score (nSPS) is 35.8. The average Bonchev–Trinajstić information content (AvgIpc) is 2.28. The first-order valence-corrected chi connectivity index (χ1v) is 5.48. The Balaban J connectivity index is 2.49. The van der Waals surface area contributed by atoms with E-state index in [1.165, 1.54) is 12.8 Å². The Labute approximate surface area is 81.0 Å². The summed E-state index contributed by atoms with van der Waals surface area (Å²) in [7, 11) is 0. The summed E-state index contributed by atoms with van der Waals surface area (Å²) in [6, 6.07) is 0. The van der Waals surface area contributed by atoms with Crippen LogP contribution in [0.25, 0.3) is 0 Å². The van der Waals surface area contributed by atoms with Gasteiger partial charge in [-0.2, -0.15) is 0 Å². The Morgan fingerprint density at radius 3 is 2.77 bits per heavy atom. The lowest BCUT2D eigenvalue weighted by Gasteiger charge is -2.33. The second-order valence-electron chi connectivity index (χ2n) is 4.60. The molecule has 2 atom stereocenters. The molecule has 0 aromatic rings. The number of aliphatic hydroxyl groups is 2. The van der Waals surface area contributed by atoms with Gasteiger partial charge in [0, 0.05) is 6.61 Å². The summed E-state index contributed by atoms with van der Waals surface area (Å²) in [5.41, 5.74) is 0.0687. The van der Waals surface area contributed by atoms with Crippen molar-refractivity contribution in [2.45, 2.75) is 58.0 Å². The maximum Gasteiger partial charge on any atom is 0.0593 e. The van der Waals surface area contributed by atoms with Crippen LogP contribution >= 0.6 is 0 Å². The predicted molar refractivity (Wildman–Crippen MR) is 53.5 cm³/mol. The fourth-order valence-corrected chi connectivity index (χ4v) is 2.33. The SMILES string of the molecule is C[C@@]1(CCCO)CCCCC[C@H]1O. The second-order valence-corrected chi connectivity index (χ2v) is 4.60. The standard InChI is InChI=1S/C11H22O2/c1-11(8-5-9-12)7-4-2-3-6-10(11)13/h10,12-13H,2-9H2,1H3/t10-,11+/m1/s1. The van der Waals surface area contributed by atoms with Crippen LogP contribution in [0.5, 0.6) is 0 Å². The van der Waals surface area contributed by atoms with Crippen molar-refractivity contribution in [2.75, 3.05) is 6.61 Å². The lowest BCUT2D eigenvalue weighted by atomic mass is 9.76. The zero-order valence-electron chi connectivity index (χ0n) is 8.63. The second kappa shape index (κ2) is 4.97. The summed E-state index contributed by atoms with van der Waals surface area (Å²) in [6.45, 7) is 2.42. The minimum Gasteiger partial charge on any atom is -0.396 e. The highest BCUT2D eigenvalue weighted by Gasteiger charge is 2.33. The Kier molecular flexibility index (Phi) is 4.20. The minimum atomic E-state index is -0.151. The molecule has 1 rings (SSSR count). The lowest BCUT2D eigenvalue weighted by Crippen LogP contribution is -2.31. The van der Waals surface area contributed by atoms with Crippen molar-refractivity contribution in [3.63, 3.8) is 0 Å². The quantitative estimate of drug-likeness (QED) is 0.663. The van der Waals surface area contributed by atoms with Gasteiger partial charge < -0.3 is 10.2 Å². The van der Waals surface area contributed by atoms with E-state index in [0.29, 0.717) is 0 Å². The minimum absolute atomic E-state index is 0.0687. The van der Waals surface area contributed by atoms with Crippen LogP contribution in [0.4, 0.5) is 0 Å². The molecule has 2 N–H and O–H groups in total. The molecule has 0 bridgehead atoms. The van der Waals surface area contributed by atoms with Gasteiger partial charge in [-0.3, -0.25) is 0 Å². The van der Waals surface area contributed by atoms with Crippen molar-refractivity contribution in [2.24, 2.45) is 5.41 Å². The average molecular weight is 186 g/mol. The van der Waals surface area contributed by atoms with Gasteiger partial charge in [0.1, 0.15) is 0 Å². The van der Waals surface area contributed by atoms with E-state index in [-0.39, 0.29) is 18.1 Å². The molecule has 0 amide bonds. The molecule has 13 heavy (non-hydrogen) atoms. The number of aliphatic hydroxyl groups excluding tert-OH is 2. The summed E-state index contributed by atoms with van der Waals surface area (Å²) < 4.78 is 0. The maximum absolute atomic E-state index is 9.95. The molecule has 1 aliphatic rings. The predicted octanol–water partition coefficient (Wildman–Crippen LogP) is 2.09. The Morgan fingerprint density at radius 2 is 2.08 bits per heavy atom. The Bertz CT molecular complexity index is 147. The van der Waals surface area contributed by atoms with E-state index < -0.39 is 0 Å². The summed E-state index contributed by atoms with van der Waals surface area (Å²) >= 11 is 0. The highest BCUT2D eigenvalue weighted by atomic mass is 16.3. The first-order valence-electron chi connectivity index (χ1n) is 5.48. The van der Waals surface area contributed by atoms with Crippen LogP contribution in [-0.4, -0.2) is 22.9 Å². The van der Waals surface area contributed by atoms with Gasteiger partial charge in [0.2, 0.25) is 0 Å². The van der Waals surface area contributed by atoms with Crippen molar-refractivity contribution in [3.8, 4) is 0 Å². The summed E-state index contributed by atoms with van der Waals surface area (Å²) in [4.78, 5) is 0. The van der Waals surface area contributed by atoms with Crippen molar-refractivity contribution < 1.29 is 10.2 Å². The van der Waals surface area contributed by atoms with Crippen LogP contribution in [-0.2, 0) is 0 Å². The van der Waals surface area contributed by atoms with Crippen LogP contribution in [0.15, 0.2) is 0 Å². The molecule has 0 aliphatic heterocycles. The lowest BCUT2D eigenvalue weighted by molar-refractivity contribution is 0.0205. The van der Waals surface area contributed by atoms with Crippen LogP contribution in [0.3, 0.4) is 0 Å². The topological polar surface area (TPSA) is 40.5 Å². The highest BCUT2D eigenvalue weighted by molar-refractivity contribution is 4.84. The molecule has 0 heterocycles. The van der Waals surface area contributed by atoms with Gasteiger partial charge in [-0.25, -0.2) is 0 Å². The third-order valence-corrected chi connectivity index (χ3v) is 3.44. The van der Waals surface area contributed by atoms with Gasteiger partial charge in [0.05, 0.1) is 6.10 Å². The first-order chi connectivity index (χ1) is 6.19. The molecule has 1 fully saturated rings. The molecular formula is C11H22O2. The maximum atomic E-state index is 9.95. The molecule has 0 spiro atoms. The summed E-state index contributed by atoms with van der Waals surface area (Å²) in [5.74, 6) is 0. The molecule has 0 aromatic heterocycles. The molecule has 0 aromatic carbocycles. The van der Waals surface area contributed by atoms with E-state index in [2.05, 4.69) is 6.92 Å². The van der Waals surface area contributed by atoms with Gasteiger partial charge in [-0.1, -0.05) is 26.2 Å². The molecule has 0 unspecified atom stereocenters. The fraction of sp³-hybridized carbons (Fsp3) is 1.00. The molecule has 2 heteroatoms. The van der Waals surface area contributed by atoms with E-state index in [0.717, 1.165) is 32.1 Å². The zero-order chi connectivity index (χ0) is 9.73. The zero-order valence-corrected chi connectivity index (χ0v) is 8.63. The van der Waals surface area contributed by atoms with Crippen molar-refractivity contribution in [1.82, 2.24) is 0 Å². The van der Waals surface area contributed by atoms with Gasteiger partial charge in [0.25, 0.3) is 0 Å². The smallest absolute Gasteiger partial charge is 0.0593 e. The van der Waals surface area contributed by atoms with Crippen LogP contribution < -0.4 is 0 Å². The third kappa shape index (κ3) is 2.96. The number of rotatable bonds is 3. The Hall–Kier alpha value is -0.0800. The van der Waals surface area contributed by atoms with Gasteiger partial charge >= 0.3 is 0 Å². The number of hydrogen-bond donors (Lipinski definition) is 2. The van der Waals surface area contributed by atoms with E-state index in [1.807, 2.05) is 0 Å². The first kappa shape index (κ1) is 11.0. The molecule has 78 valence electrons. The van der Waals surface area contributed by atoms with E-state index in [9.17, 15) is 5.11 Å². The van der Waals surface area contributed by atoms with E-state index in [1.54, 1.807) is 0 Å². The van der Waals surface area contributed by atoms with Gasteiger partial charge in [-0.05, 0) is 31.1 Å². The largest absolute Gasteiger partial charge is 0.396 e. The number of hydrogen-bond acceptors (Lipinski definition) is 2. The van der Waals surface area contributed by atoms with Crippen LogP contribution in [0, 0.1) is 5.41 Å². The summed E-state index contributed by atoms with van der Waals surface area (Å²) in [6.07, 6.45) is 7.36. The molecule has 1 saturated carbocycles. The van der Waals surface area contributed by atoms with Gasteiger partial charge in [-0.15, -0.1) is 0 Å². The van der Waals surface area contributed by atoms with E-state index in [4.69, 9.17) is 5.11 Å². The molecule has 1 aliphatic carbocycles. The fourth-order valence-electron chi connectivity index (χ4n) is 2.33. The molecular weight excluding hydrogens is 164 g/mol. The molecule has 2 nitrogen and oxygen atoms in total. The van der Waals surface area contributed by atoms with Crippen LogP contribution in [0.2, 0.25) is 0 Å². The van der Waals surface area contributed by atoms with Crippen molar-refractivity contribution in [1.29, 1.82) is 0 Å². The van der Waals surface area contributed by atoms with E-state index >= 15 is 0 Å². The summed E-state index contributed by atoms with van der Waals surface area (Å²) in [5, 5.41) is 18.7. The van der Waals surface area contributed by atoms with Gasteiger partial charge in [0.15, 0.2) is 0 Å². The highest BCUT2D eigenvalue weighted by Crippen LogP contribution is 2.38. The monoisotopic (exact) mass is 186 g/mol. The van der Waals surface area contributed by atoms with Crippen molar-refractivity contribution in [3.05, 3.63) is 0 Å². The van der Waals surface area contributed by atoms with Crippen molar-refractivity contribution >= 4 is 0 Å². The molecule has 0 radical (unpaired) electrons. The van der Waals surface area contributed by atoms with Crippen LogP contribution in [0.1, 0.15) is 51.9 Å². The molecule has 0 saturated heterocycles. The Morgan fingerprint density at radius 1 is 1.31 bits per heavy atom.